The highest BCUT2D eigenvalue weighted by Crippen LogP contribution is 2.63. The summed E-state index contributed by atoms with van der Waals surface area (Å²) in [7, 11) is 0. The topological polar surface area (TPSA) is 17.8 Å². The minimum atomic E-state index is -0.423. The third-order valence-corrected chi connectivity index (χ3v) is 12.1. The predicted molar refractivity (Wildman–Crippen MR) is 211 cm³/mol. The average molecular weight is 667 g/mol. The summed E-state index contributed by atoms with van der Waals surface area (Å²) in [4.78, 5) is 8.02. The van der Waals surface area contributed by atoms with Gasteiger partial charge in [0.15, 0.2) is 0 Å². The van der Waals surface area contributed by atoms with Crippen LogP contribution in [0.15, 0.2) is 192 Å². The summed E-state index contributed by atoms with van der Waals surface area (Å²) >= 11 is 1.91. The van der Waals surface area contributed by atoms with Crippen molar-refractivity contribution in [2.75, 3.05) is 0 Å². The summed E-state index contributed by atoms with van der Waals surface area (Å²) in [5, 5.41) is 2.51. The third-order valence-electron chi connectivity index (χ3n) is 10.9. The largest absolute Gasteiger partial charge is 0.294 e. The molecule has 0 fully saturated rings. The number of fused-ring (bicyclic) bond motifs is 13. The summed E-state index contributed by atoms with van der Waals surface area (Å²) in [6, 6.07) is 66.4. The van der Waals surface area contributed by atoms with Gasteiger partial charge in [0.2, 0.25) is 0 Å². The Labute approximate surface area is 300 Å². The van der Waals surface area contributed by atoms with E-state index in [4.69, 9.17) is 4.98 Å². The van der Waals surface area contributed by atoms with Crippen molar-refractivity contribution < 1.29 is 0 Å². The van der Waals surface area contributed by atoms with Crippen molar-refractivity contribution in [2.45, 2.75) is 15.2 Å². The van der Waals surface area contributed by atoms with Crippen molar-refractivity contribution in [1.82, 2.24) is 9.55 Å². The van der Waals surface area contributed by atoms with Crippen molar-refractivity contribution in [3.05, 3.63) is 204 Å². The summed E-state index contributed by atoms with van der Waals surface area (Å²) in [6.07, 6.45) is 0. The second-order valence-electron chi connectivity index (χ2n) is 13.5. The zero-order chi connectivity index (χ0) is 33.5. The molecule has 2 nitrogen and oxygen atoms in total. The minimum absolute atomic E-state index is 0.423. The van der Waals surface area contributed by atoms with Crippen LogP contribution in [0.3, 0.4) is 0 Å². The quantitative estimate of drug-likeness (QED) is 0.187. The molecule has 0 unspecified atom stereocenters. The van der Waals surface area contributed by atoms with Crippen LogP contribution in [0, 0.1) is 0 Å². The highest BCUT2D eigenvalue weighted by molar-refractivity contribution is 7.99. The molecule has 51 heavy (non-hydrogen) atoms. The Hall–Kier alpha value is -6.16. The number of pyridine rings is 1. The third kappa shape index (κ3) is 3.98. The lowest BCUT2D eigenvalue weighted by Gasteiger charge is -2.40. The molecule has 2 aliphatic rings. The molecule has 0 amide bonds. The SMILES string of the molecule is c1ccc(-c2cc(-c3ccccc3)nc(-n3c4ccccc4c4c5c(ccc43)C3(c4ccccc4S5)c4ccccc4-c4ccccc43)c2)cc1. The molecule has 7 aromatic carbocycles. The van der Waals surface area contributed by atoms with Crippen molar-refractivity contribution in [3.63, 3.8) is 0 Å². The second kappa shape index (κ2) is 10.9. The van der Waals surface area contributed by atoms with E-state index >= 15 is 0 Å². The fraction of sp³-hybridized carbons (Fsp3) is 0.0208. The van der Waals surface area contributed by atoms with Crippen molar-refractivity contribution in [2.24, 2.45) is 0 Å². The van der Waals surface area contributed by atoms with Gasteiger partial charge in [-0.3, -0.25) is 4.57 Å². The lowest BCUT2D eigenvalue weighted by Crippen LogP contribution is -2.32. The highest BCUT2D eigenvalue weighted by atomic mass is 32.2. The standard InChI is InChI=1S/C48H30N2S/c1-3-15-31(16-4-1)33-29-41(32-17-5-2-6-18-32)49-45(30-33)50-42-25-13-9-21-36(42)46-43(50)28-27-40-47(46)51-44-26-14-12-24-39(44)48(40)37-22-10-7-19-34(37)35-20-8-11-23-38(35)48/h1-30H. The Bertz CT molecular complexity index is 2730. The Morgan fingerprint density at radius 3 is 1.80 bits per heavy atom. The first-order chi connectivity index (χ1) is 25.3. The van der Waals surface area contributed by atoms with Gasteiger partial charge in [-0.2, -0.15) is 0 Å². The van der Waals surface area contributed by atoms with Gasteiger partial charge in [0.05, 0.1) is 22.1 Å². The molecule has 1 aliphatic heterocycles. The van der Waals surface area contributed by atoms with E-state index in [0.29, 0.717) is 0 Å². The van der Waals surface area contributed by atoms with E-state index in [1.807, 2.05) is 11.8 Å². The Morgan fingerprint density at radius 1 is 0.451 bits per heavy atom. The number of benzene rings is 7. The molecular formula is C48H30N2S. The van der Waals surface area contributed by atoms with E-state index in [1.165, 1.54) is 59.5 Å². The number of rotatable bonds is 3. The summed E-state index contributed by atoms with van der Waals surface area (Å²) in [5.41, 5.74) is 14.3. The van der Waals surface area contributed by atoms with Gasteiger partial charge in [-0.15, -0.1) is 0 Å². The fourth-order valence-electron chi connectivity index (χ4n) is 8.80. The zero-order valence-corrected chi connectivity index (χ0v) is 28.4. The Kier molecular flexibility index (Phi) is 6.14. The van der Waals surface area contributed by atoms with Gasteiger partial charge >= 0.3 is 0 Å². The minimum Gasteiger partial charge on any atom is -0.294 e. The van der Waals surface area contributed by atoms with Crippen LogP contribution in [0.1, 0.15) is 22.3 Å². The Morgan fingerprint density at radius 2 is 1.06 bits per heavy atom. The van der Waals surface area contributed by atoms with Crippen LogP contribution in [-0.2, 0) is 5.41 Å². The molecule has 1 spiro atoms. The van der Waals surface area contributed by atoms with Gasteiger partial charge in [-0.05, 0) is 74.8 Å². The van der Waals surface area contributed by atoms with E-state index in [9.17, 15) is 0 Å². The molecular weight excluding hydrogens is 637 g/mol. The van der Waals surface area contributed by atoms with Gasteiger partial charge in [0.25, 0.3) is 0 Å². The normalized spacial score (nSPS) is 13.6. The number of para-hydroxylation sites is 1. The fourth-order valence-corrected chi connectivity index (χ4v) is 10.1. The first kappa shape index (κ1) is 28.7. The van der Waals surface area contributed by atoms with Crippen LogP contribution in [0.5, 0.6) is 0 Å². The monoisotopic (exact) mass is 666 g/mol. The molecule has 238 valence electrons. The van der Waals surface area contributed by atoms with Gasteiger partial charge in [-0.1, -0.05) is 163 Å². The molecule has 0 saturated heterocycles. The summed E-state index contributed by atoms with van der Waals surface area (Å²) < 4.78 is 2.38. The second-order valence-corrected chi connectivity index (χ2v) is 14.5. The van der Waals surface area contributed by atoms with Crippen LogP contribution >= 0.6 is 11.8 Å². The lowest BCUT2D eigenvalue weighted by atomic mass is 9.67. The van der Waals surface area contributed by atoms with Crippen molar-refractivity contribution >= 4 is 33.6 Å². The first-order valence-corrected chi connectivity index (χ1v) is 18.3. The zero-order valence-electron chi connectivity index (χ0n) is 27.6. The smallest absolute Gasteiger partial charge is 0.138 e. The average Bonchev–Trinajstić information content (AvgIpc) is 3.70. The molecule has 3 heteroatoms. The predicted octanol–water partition coefficient (Wildman–Crippen LogP) is 12.3. The van der Waals surface area contributed by atoms with Gasteiger partial charge in [-0.25, -0.2) is 4.98 Å². The van der Waals surface area contributed by atoms with E-state index in [2.05, 4.69) is 187 Å². The molecule has 9 aromatic rings. The lowest BCUT2D eigenvalue weighted by molar-refractivity contribution is 0.726. The number of nitrogens with zero attached hydrogens (tertiary/aromatic N) is 2. The van der Waals surface area contributed by atoms with Gasteiger partial charge < -0.3 is 0 Å². The van der Waals surface area contributed by atoms with Crippen LogP contribution in [-0.4, -0.2) is 9.55 Å². The molecule has 0 saturated carbocycles. The summed E-state index contributed by atoms with van der Waals surface area (Å²) in [6.45, 7) is 0. The van der Waals surface area contributed by atoms with Crippen LogP contribution < -0.4 is 0 Å². The maximum Gasteiger partial charge on any atom is 0.138 e. The number of hydrogen-bond acceptors (Lipinski definition) is 2. The maximum atomic E-state index is 5.41. The molecule has 0 atom stereocenters. The van der Waals surface area contributed by atoms with E-state index in [1.54, 1.807) is 0 Å². The van der Waals surface area contributed by atoms with Crippen molar-refractivity contribution in [1.29, 1.82) is 0 Å². The van der Waals surface area contributed by atoms with Gasteiger partial charge in [0, 0.05) is 26.1 Å². The van der Waals surface area contributed by atoms with E-state index in [0.717, 1.165) is 33.7 Å². The van der Waals surface area contributed by atoms with Crippen LogP contribution in [0.25, 0.3) is 61.1 Å². The molecule has 0 radical (unpaired) electrons. The van der Waals surface area contributed by atoms with Crippen molar-refractivity contribution in [3.8, 4) is 39.3 Å². The highest BCUT2D eigenvalue weighted by Gasteiger charge is 2.50. The maximum absolute atomic E-state index is 5.41. The molecule has 3 heterocycles. The Balaban J connectivity index is 1.25. The van der Waals surface area contributed by atoms with Crippen LogP contribution in [0.4, 0.5) is 0 Å². The molecule has 0 bridgehead atoms. The summed E-state index contributed by atoms with van der Waals surface area (Å²) in [5.74, 6) is 0.911. The first-order valence-electron chi connectivity index (χ1n) is 17.5. The molecule has 1 aliphatic carbocycles. The molecule has 0 N–H and O–H groups in total. The van der Waals surface area contributed by atoms with Crippen LogP contribution in [0.2, 0.25) is 0 Å². The van der Waals surface area contributed by atoms with E-state index in [-0.39, 0.29) is 0 Å². The number of hydrogen-bond donors (Lipinski definition) is 0. The molecule has 11 rings (SSSR count). The molecule has 2 aromatic heterocycles. The van der Waals surface area contributed by atoms with Gasteiger partial charge in [0.1, 0.15) is 5.82 Å². The van der Waals surface area contributed by atoms with E-state index < -0.39 is 5.41 Å². The number of aromatic nitrogens is 2.